The molecule has 3 heterocycles. The van der Waals surface area contributed by atoms with Crippen molar-refractivity contribution in [1.82, 2.24) is 20.1 Å². The zero-order valence-electron chi connectivity index (χ0n) is 18.0. The number of aromatic nitrogens is 3. The Kier molecular flexibility index (Phi) is 6.64. The first-order valence-corrected chi connectivity index (χ1v) is 10.5. The lowest BCUT2D eigenvalue weighted by atomic mass is 10.2. The van der Waals surface area contributed by atoms with Crippen molar-refractivity contribution >= 4 is 17.4 Å². The van der Waals surface area contributed by atoms with Crippen molar-refractivity contribution in [2.24, 2.45) is 0 Å². The molecule has 9 nitrogen and oxygen atoms in total. The number of nitrogens with one attached hydrogen (secondary N) is 1. The molecule has 0 spiro atoms. The molecule has 3 aromatic rings. The van der Waals surface area contributed by atoms with Crippen LogP contribution in [0.25, 0.3) is 0 Å². The van der Waals surface area contributed by atoms with Gasteiger partial charge in [0.1, 0.15) is 18.1 Å². The summed E-state index contributed by atoms with van der Waals surface area (Å²) < 4.78 is 6.69. The largest absolute Gasteiger partial charge is 0.495 e. The van der Waals surface area contributed by atoms with E-state index in [1.54, 1.807) is 25.6 Å². The fourth-order valence-corrected chi connectivity index (χ4v) is 3.68. The minimum atomic E-state index is -0.307. The number of rotatable bonds is 7. The zero-order chi connectivity index (χ0) is 22.3. The topological polar surface area (TPSA) is 92.6 Å². The molecule has 2 aromatic heterocycles. The Morgan fingerprint density at radius 1 is 1.03 bits per heavy atom. The van der Waals surface area contributed by atoms with E-state index < -0.39 is 0 Å². The predicted octanol–water partition coefficient (Wildman–Crippen LogP) is 1.29. The summed E-state index contributed by atoms with van der Waals surface area (Å²) in [7, 11) is 1.68. The average Bonchev–Trinajstić information content (AvgIpc) is 2.85. The molecule has 0 radical (unpaired) electrons. The quantitative estimate of drug-likeness (QED) is 0.599. The molecule has 32 heavy (non-hydrogen) atoms. The van der Waals surface area contributed by atoms with E-state index in [1.165, 1.54) is 10.7 Å². The van der Waals surface area contributed by atoms with Crippen LogP contribution in [-0.4, -0.2) is 54.0 Å². The highest BCUT2D eigenvalue weighted by molar-refractivity contribution is 5.75. The summed E-state index contributed by atoms with van der Waals surface area (Å²) >= 11 is 0. The van der Waals surface area contributed by atoms with Crippen molar-refractivity contribution in [1.29, 1.82) is 0 Å². The SMILES string of the molecule is COc1ccccc1N1CCN(c2ccc(=O)n(CC(=O)NCc3cccnc3)n2)CC1. The molecule has 0 aliphatic carbocycles. The number of carbonyl (C=O) groups is 1. The van der Waals surface area contributed by atoms with Crippen molar-refractivity contribution < 1.29 is 9.53 Å². The lowest BCUT2D eigenvalue weighted by Gasteiger charge is -2.37. The minimum absolute atomic E-state index is 0.131. The Hall–Kier alpha value is -3.88. The van der Waals surface area contributed by atoms with Crippen LogP contribution < -0.4 is 25.4 Å². The number of hydrogen-bond acceptors (Lipinski definition) is 7. The number of nitrogens with zero attached hydrogens (tertiary/aromatic N) is 5. The lowest BCUT2D eigenvalue weighted by Crippen LogP contribution is -2.47. The van der Waals surface area contributed by atoms with Gasteiger partial charge in [0.25, 0.3) is 5.56 Å². The van der Waals surface area contributed by atoms with Crippen molar-refractivity contribution in [3.63, 3.8) is 0 Å². The molecule has 0 saturated carbocycles. The number of piperazine rings is 1. The van der Waals surface area contributed by atoms with Crippen molar-refractivity contribution in [2.45, 2.75) is 13.1 Å². The number of carbonyl (C=O) groups excluding carboxylic acids is 1. The highest BCUT2D eigenvalue weighted by Crippen LogP contribution is 2.28. The molecule has 0 atom stereocenters. The van der Waals surface area contributed by atoms with Gasteiger partial charge in [-0.2, -0.15) is 5.10 Å². The Bertz CT molecular complexity index is 1110. The Morgan fingerprint density at radius 3 is 2.56 bits per heavy atom. The summed E-state index contributed by atoms with van der Waals surface area (Å²) in [5.41, 5.74) is 1.65. The van der Waals surface area contributed by atoms with Gasteiger partial charge in [-0.15, -0.1) is 0 Å². The molecule has 4 rings (SSSR count). The molecule has 0 unspecified atom stereocenters. The predicted molar refractivity (Wildman–Crippen MR) is 122 cm³/mol. The molecule has 1 fully saturated rings. The van der Waals surface area contributed by atoms with E-state index in [2.05, 4.69) is 31.3 Å². The molecular weight excluding hydrogens is 408 g/mol. The third-order valence-electron chi connectivity index (χ3n) is 5.39. The number of ether oxygens (including phenoxy) is 1. The van der Waals surface area contributed by atoms with Crippen LogP contribution in [0.15, 0.2) is 65.7 Å². The number of benzene rings is 1. The highest BCUT2D eigenvalue weighted by atomic mass is 16.5. The minimum Gasteiger partial charge on any atom is -0.495 e. The van der Waals surface area contributed by atoms with Gasteiger partial charge in [-0.25, -0.2) is 4.68 Å². The molecule has 0 bridgehead atoms. The number of hydrogen-bond donors (Lipinski definition) is 1. The van der Waals surface area contributed by atoms with Crippen LogP contribution in [0.2, 0.25) is 0 Å². The van der Waals surface area contributed by atoms with Gasteiger partial charge in [0, 0.05) is 51.2 Å². The monoisotopic (exact) mass is 434 g/mol. The van der Waals surface area contributed by atoms with E-state index in [9.17, 15) is 9.59 Å². The van der Waals surface area contributed by atoms with Crippen LogP contribution in [0, 0.1) is 0 Å². The zero-order valence-corrected chi connectivity index (χ0v) is 18.0. The van der Waals surface area contributed by atoms with Gasteiger partial charge < -0.3 is 19.9 Å². The van der Waals surface area contributed by atoms with Crippen molar-refractivity contribution in [2.75, 3.05) is 43.1 Å². The fourth-order valence-electron chi connectivity index (χ4n) is 3.68. The summed E-state index contributed by atoms with van der Waals surface area (Å²) in [4.78, 5) is 33.0. The molecule has 1 N–H and O–H groups in total. The number of methoxy groups -OCH3 is 1. The normalized spacial score (nSPS) is 13.7. The van der Waals surface area contributed by atoms with Gasteiger partial charge >= 0.3 is 0 Å². The molecular formula is C23H26N6O3. The van der Waals surface area contributed by atoms with Crippen LogP contribution >= 0.6 is 0 Å². The maximum Gasteiger partial charge on any atom is 0.267 e. The van der Waals surface area contributed by atoms with Gasteiger partial charge in [0.15, 0.2) is 0 Å². The number of para-hydroxylation sites is 2. The Labute approximate surface area is 186 Å². The molecule has 1 aliphatic heterocycles. The van der Waals surface area contributed by atoms with Crippen LogP contribution in [0.3, 0.4) is 0 Å². The first-order chi connectivity index (χ1) is 15.6. The molecule has 1 aromatic carbocycles. The van der Waals surface area contributed by atoms with Crippen molar-refractivity contribution in [3.05, 3.63) is 76.8 Å². The van der Waals surface area contributed by atoms with Crippen molar-refractivity contribution in [3.8, 4) is 5.75 Å². The maximum atomic E-state index is 12.3. The van der Waals surface area contributed by atoms with E-state index >= 15 is 0 Å². The van der Waals surface area contributed by atoms with Gasteiger partial charge in [-0.05, 0) is 29.8 Å². The van der Waals surface area contributed by atoms with E-state index in [0.717, 1.165) is 43.2 Å². The average molecular weight is 435 g/mol. The summed E-state index contributed by atoms with van der Waals surface area (Å²) in [5.74, 6) is 1.26. The molecule has 1 aliphatic rings. The fraction of sp³-hybridized carbons (Fsp3) is 0.304. The number of pyridine rings is 1. The summed E-state index contributed by atoms with van der Waals surface area (Å²) in [6, 6.07) is 14.8. The maximum absolute atomic E-state index is 12.3. The van der Waals surface area contributed by atoms with Gasteiger partial charge in [-0.3, -0.25) is 14.6 Å². The van der Waals surface area contributed by atoms with Crippen LogP contribution in [-0.2, 0) is 17.9 Å². The van der Waals surface area contributed by atoms with Gasteiger partial charge in [0.05, 0.1) is 12.8 Å². The summed E-state index contributed by atoms with van der Waals surface area (Å²) in [6.45, 7) is 3.31. The molecule has 9 heteroatoms. The lowest BCUT2D eigenvalue weighted by molar-refractivity contribution is -0.122. The van der Waals surface area contributed by atoms with Gasteiger partial charge in [-0.1, -0.05) is 18.2 Å². The third-order valence-corrected chi connectivity index (χ3v) is 5.39. The summed E-state index contributed by atoms with van der Waals surface area (Å²) in [6.07, 6.45) is 3.37. The van der Waals surface area contributed by atoms with Crippen LogP contribution in [0.5, 0.6) is 5.75 Å². The van der Waals surface area contributed by atoms with E-state index in [1.807, 2.05) is 30.3 Å². The second kappa shape index (κ2) is 9.95. The smallest absolute Gasteiger partial charge is 0.267 e. The number of amides is 1. The molecule has 1 saturated heterocycles. The molecule has 1 amide bonds. The first kappa shape index (κ1) is 21.4. The standard InChI is InChI=1S/C23H26N6O3/c1-32-20-7-3-2-6-19(20)27-11-13-28(14-12-27)21-8-9-23(31)29(26-21)17-22(30)25-16-18-5-4-10-24-15-18/h2-10,15H,11-14,16-17H2,1H3,(H,25,30). The van der Waals surface area contributed by atoms with Gasteiger partial charge in [0.2, 0.25) is 5.91 Å². The second-order valence-electron chi connectivity index (χ2n) is 7.47. The Balaban J connectivity index is 1.37. The Morgan fingerprint density at radius 2 is 1.81 bits per heavy atom. The highest BCUT2D eigenvalue weighted by Gasteiger charge is 2.21. The molecule has 166 valence electrons. The summed E-state index contributed by atoms with van der Waals surface area (Å²) in [5, 5.41) is 7.23. The van der Waals surface area contributed by atoms with Crippen LogP contribution in [0.1, 0.15) is 5.56 Å². The van der Waals surface area contributed by atoms with Crippen LogP contribution in [0.4, 0.5) is 11.5 Å². The first-order valence-electron chi connectivity index (χ1n) is 10.5. The second-order valence-corrected chi connectivity index (χ2v) is 7.47. The number of anilines is 2. The van der Waals surface area contributed by atoms with E-state index in [0.29, 0.717) is 12.4 Å². The van der Waals surface area contributed by atoms with E-state index in [4.69, 9.17) is 4.74 Å². The third kappa shape index (κ3) is 5.05. The van der Waals surface area contributed by atoms with E-state index in [-0.39, 0.29) is 18.0 Å².